The second-order valence-electron chi connectivity index (χ2n) is 17.7. The van der Waals surface area contributed by atoms with E-state index in [1.807, 2.05) is 11.3 Å². The minimum Gasteiger partial charge on any atom is -0.456 e. The van der Waals surface area contributed by atoms with Crippen LogP contribution in [0.15, 0.2) is 168 Å². The molecule has 60 heavy (non-hydrogen) atoms. The second-order valence-corrected chi connectivity index (χ2v) is 18.8. The smallest absolute Gasteiger partial charge is 0.264 e. The Hall–Kier alpha value is -7.02. The fraction of sp³-hybridized carbons (Fsp3) is 0.0741. The minimum absolute atomic E-state index is 0.0246. The molecule has 0 bridgehead atoms. The predicted molar refractivity (Wildman–Crippen MR) is 255 cm³/mol. The number of fused-ring (bicyclic) bond motifs is 14. The molecule has 0 N–H and O–H groups in total. The molecule has 0 saturated carbocycles. The Kier molecular flexibility index (Phi) is 6.24. The summed E-state index contributed by atoms with van der Waals surface area (Å²) in [7, 11) is 0. The number of nitrogens with zero attached hydrogens (tertiary/aromatic N) is 3. The van der Waals surface area contributed by atoms with Gasteiger partial charge in [0.25, 0.3) is 6.71 Å². The van der Waals surface area contributed by atoms with Crippen LogP contribution in [0.3, 0.4) is 0 Å². The molecule has 0 aliphatic carbocycles. The van der Waals surface area contributed by atoms with Gasteiger partial charge in [0.2, 0.25) is 0 Å². The monoisotopic (exact) mass is 785 g/mol. The molecule has 6 heteroatoms. The highest BCUT2D eigenvalue weighted by Gasteiger charge is 2.48. The summed E-state index contributed by atoms with van der Waals surface area (Å²) in [6, 6.07) is 60.9. The summed E-state index contributed by atoms with van der Waals surface area (Å²) in [5, 5.41) is 6.11. The minimum atomic E-state index is -0.122. The summed E-state index contributed by atoms with van der Waals surface area (Å²) in [5.74, 6) is 0. The zero-order chi connectivity index (χ0) is 39.6. The van der Waals surface area contributed by atoms with Crippen molar-refractivity contribution in [3.63, 3.8) is 0 Å². The SMILES string of the molecule is CC(C)(C)c1cc2c3c(c1)N1c4c(cccc4-n4c5ccccc5c5cccc1c54)B3c1sc3ccc(-c4ccccc4)cc3c1N2c1ccc2c(c1)oc1ccccc12. The number of furan rings is 1. The van der Waals surface area contributed by atoms with Crippen molar-refractivity contribution in [3.8, 4) is 16.8 Å². The van der Waals surface area contributed by atoms with Gasteiger partial charge in [-0.15, -0.1) is 11.3 Å². The number of thiophene rings is 1. The number of rotatable bonds is 2. The van der Waals surface area contributed by atoms with Crippen LogP contribution < -0.4 is 25.5 Å². The largest absolute Gasteiger partial charge is 0.456 e. The van der Waals surface area contributed by atoms with Crippen LogP contribution in [0.5, 0.6) is 0 Å². The van der Waals surface area contributed by atoms with E-state index in [1.54, 1.807) is 0 Å². The third-order valence-electron chi connectivity index (χ3n) is 13.4. The molecule has 3 aromatic heterocycles. The third-order valence-corrected chi connectivity index (χ3v) is 14.6. The number of hydrogen-bond acceptors (Lipinski definition) is 4. The molecule has 3 aliphatic rings. The van der Waals surface area contributed by atoms with Crippen LogP contribution >= 0.6 is 11.3 Å². The van der Waals surface area contributed by atoms with Gasteiger partial charge < -0.3 is 18.8 Å². The molecule has 0 saturated heterocycles. The number of para-hydroxylation sites is 4. The maximum atomic E-state index is 6.62. The van der Waals surface area contributed by atoms with Gasteiger partial charge in [0.1, 0.15) is 11.2 Å². The van der Waals surface area contributed by atoms with Gasteiger partial charge in [-0.25, -0.2) is 0 Å². The van der Waals surface area contributed by atoms with E-state index >= 15 is 0 Å². The lowest BCUT2D eigenvalue weighted by atomic mass is 9.36. The zero-order valence-electron chi connectivity index (χ0n) is 33.3. The molecule has 0 unspecified atom stereocenters. The lowest BCUT2D eigenvalue weighted by molar-refractivity contribution is 0.590. The molecule has 8 aromatic carbocycles. The number of hydrogen-bond donors (Lipinski definition) is 0. The van der Waals surface area contributed by atoms with Crippen LogP contribution in [-0.2, 0) is 5.41 Å². The molecule has 0 fully saturated rings. The molecule has 3 aliphatic heterocycles. The van der Waals surface area contributed by atoms with E-state index < -0.39 is 0 Å². The Morgan fingerprint density at radius 1 is 0.517 bits per heavy atom. The van der Waals surface area contributed by atoms with E-state index in [0.717, 1.165) is 27.6 Å². The molecule has 0 radical (unpaired) electrons. The first-order valence-corrected chi connectivity index (χ1v) is 21.7. The van der Waals surface area contributed by atoms with Crippen LogP contribution in [0.4, 0.5) is 34.1 Å². The summed E-state index contributed by atoms with van der Waals surface area (Å²) in [6.45, 7) is 7.07. The van der Waals surface area contributed by atoms with Crippen LogP contribution in [-0.4, -0.2) is 11.3 Å². The van der Waals surface area contributed by atoms with E-state index in [4.69, 9.17) is 4.42 Å². The molecule has 4 nitrogen and oxygen atoms in total. The fourth-order valence-electron chi connectivity index (χ4n) is 10.7. The fourth-order valence-corrected chi connectivity index (χ4v) is 12.0. The van der Waals surface area contributed by atoms with Crippen molar-refractivity contribution in [2.45, 2.75) is 26.2 Å². The van der Waals surface area contributed by atoms with E-state index in [9.17, 15) is 0 Å². The Labute approximate surface area is 351 Å². The predicted octanol–water partition coefficient (Wildman–Crippen LogP) is 13.3. The van der Waals surface area contributed by atoms with Crippen molar-refractivity contribution in [2.75, 3.05) is 9.80 Å². The second kappa shape index (κ2) is 11.4. The van der Waals surface area contributed by atoms with Gasteiger partial charge in [0, 0.05) is 59.5 Å². The van der Waals surface area contributed by atoms with Crippen molar-refractivity contribution >= 4 is 122 Å². The van der Waals surface area contributed by atoms with E-state index in [-0.39, 0.29) is 12.1 Å². The van der Waals surface area contributed by atoms with E-state index in [0.29, 0.717) is 0 Å². The first-order chi connectivity index (χ1) is 29.4. The summed E-state index contributed by atoms with van der Waals surface area (Å²) in [4.78, 5) is 5.19. The maximum Gasteiger partial charge on any atom is 0.264 e. The Morgan fingerprint density at radius 3 is 2.12 bits per heavy atom. The van der Waals surface area contributed by atoms with Gasteiger partial charge in [-0.1, -0.05) is 118 Å². The quantitative estimate of drug-likeness (QED) is 0.163. The summed E-state index contributed by atoms with van der Waals surface area (Å²) in [5.41, 5.74) is 19.2. The number of aromatic nitrogens is 1. The number of benzene rings is 8. The Bertz CT molecular complexity index is 3680. The van der Waals surface area contributed by atoms with Crippen molar-refractivity contribution < 1.29 is 4.42 Å². The summed E-state index contributed by atoms with van der Waals surface area (Å²) in [6.07, 6.45) is 0. The molecular formula is C54H36BN3OS. The highest BCUT2D eigenvalue weighted by atomic mass is 32.1. The molecule has 0 spiro atoms. The summed E-state index contributed by atoms with van der Waals surface area (Å²) < 4.78 is 11.8. The van der Waals surface area contributed by atoms with Crippen molar-refractivity contribution in [1.82, 2.24) is 4.57 Å². The standard InChI is InChI=1S/C54H36BN3OS/c1-54(2,3)33-28-44-49-45(29-33)58-42-20-11-17-38-35-15-7-9-19-41(35)57(50(38)42)43-21-12-18-40(52(43)58)55(49)53-51(39-27-32(23-26-48(39)60-53)31-13-5-4-6-14-31)56(44)34-24-25-37-36-16-8-10-22-46(36)59-47(37)30-34/h4-30H,1-3H3. The van der Waals surface area contributed by atoms with Crippen LogP contribution in [0.2, 0.25) is 0 Å². The first-order valence-electron chi connectivity index (χ1n) is 20.9. The zero-order valence-corrected chi connectivity index (χ0v) is 34.1. The maximum absolute atomic E-state index is 6.62. The van der Waals surface area contributed by atoms with Gasteiger partial charge in [-0.05, 0) is 93.7 Å². The van der Waals surface area contributed by atoms with Crippen molar-refractivity contribution in [2.24, 2.45) is 0 Å². The average Bonchev–Trinajstić information content (AvgIpc) is 3.95. The molecule has 11 aromatic rings. The third kappa shape index (κ3) is 4.16. The molecule has 282 valence electrons. The van der Waals surface area contributed by atoms with E-state index in [2.05, 4.69) is 199 Å². The van der Waals surface area contributed by atoms with Gasteiger partial charge in [0.05, 0.1) is 33.8 Å². The van der Waals surface area contributed by atoms with Gasteiger partial charge in [-0.3, -0.25) is 0 Å². The van der Waals surface area contributed by atoms with Crippen molar-refractivity contribution in [1.29, 1.82) is 0 Å². The normalized spacial score (nSPS) is 13.8. The molecule has 0 amide bonds. The highest BCUT2D eigenvalue weighted by molar-refractivity contribution is 7.33. The van der Waals surface area contributed by atoms with Crippen molar-refractivity contribution in [3.05, 3.63) is 169 Å². The molecule has 14 rings (SSSR count). The van der Waals surface area contributed by atoms with Gasteiger partial charge in [0.15, 0.2) is 0 Å². The molecule has 0 atom stereocenters. The van der Waals surface area contributed by atoms with Gasteiger partial charge >= 0.3 is 0 Å². The van der Waals surface area contributed by atoms with Crippen LogP contribution in [0.25, 0.3) is 70.6 Å². The lowest BCUT2D eigenvalue weighted by Crippen LogP contribution is -2.61. The summed E-state index contributed by atoms with van der Waals surface area (Å²) >= 11 is 1.95. The number of anilines is 6. The lowest BCUT2D eigenvalue weighted by Gasteiger charge is -2.46. The van der Waals surface area contributed by atoms with Gasteiger partial charge in [-0.2, -0.15) is 0 Å². The molecule has 6 heterocycles. The Balaban J connectivity index is 1.14. The topological polar surface area (TPSA) is 24.6 Å². The average molecular weight is 786 g/mol. The van der Waals surface area contributed by atoms with Crippen LogP contribution in [0, 0.1) is 0 Å². The first kappa shape index (κ1) is 32.9. The highest BCUT2D eigenvalue weighted by Crippen LogP contribution is 2.54. The molecular weight excluding hydrogens is 749 g/mol. The van der Waals surface area contributed by atoms with Crippen LogP contribution in [0.1, 0.15) is 26.3 Å². The Morgan fingerprint density at radius 2 is 1.25 bits per heavy atom. The van der Waals surface area contributed by atoms with E-state index in [1.165, 1.54) is 98.4 Å².